The fourth-order valence-electron chi connectivity index (χ4n) is 2.31. The molecule has 0 fully saturated rings. The third-order valence-corrected chi connectivity index (χ3v) is 3.42. The van der Waals surface area contributed by atoms with E-state index in [-0.39, 0.29) is 11.2 Å². The number of nitrogens with zero attached hydrogens (tertiary/aromatic N) is 4. The van der Waals surface area contributed by atoms with Gasteiger partial charge in [-0.15, -0.1) is 0 Å². The highest BCUT2D eigenvalue weighted by molar-refractivity contribution is 5.50. The third-order valence-electron chi connectivity index (χ3n) is 3.42. The number of hydrogen-bond donors (Lipinski definition) is 0. The van der Waals surface area contributed by atoms with Crippen LogP contribution in [0.25, 0.3) is 0 Å². The standard InChI is InChI=1S/C15H17FN4/c1-15(2,3)14-18-6-10-8-20(9-12(10)19-14)13-4-5-17-7-11(13)16/h4-7H,8-9H2,1-3H3. The molecular weight excluding hydrogens is 255 g/mol. The van der Waals surface area contributed by atoms with Crippen molar-refractivity contribution in [3.8, 4) is 0 Å². The number of aromatic nitrogens is 3. The molecule has 2 aromatic heterocycles. The molecule has 0 bridgehead atoms. The molecule has 3 heterocycles. The van der Waals surface area contributed by atoms with Crippen LogP contribution < -0.4 is 4.90 Å². The van der Waals surface area contributed by atoms with Gasteiger partial charge in [0.05, 0.1) is 24.1 Å². The van der Waals surface area contributed by atoms with Gasteiger partial charge in [-0.25, -0.2) is 14.4 Å². The summed E-state index contributed by atoms with van der Waals surface area (Å²) in [6.45, 7) is 7.51. The van der Waals surface area contributed by atoms with Gasteiger partial charge in [-0.3, -0.25) is 4.98 Å². The molecular formula is C15H17FN4. The smallest absolute Gasteiger partial charge is 0.164 e. The Morgan fingerprint density at radius 1 is 1.20 bits per heavy atom. The van der Waals surface area contributed by atoms with Crippen LogP contribution in [-0.2, 0) is 18.5 Å². The van der Waals surface area contributed by atoms with Crippen molar-refractivity contribution >= 4 is 5.69 Å². The molecule has 2 aromatic rings. The van der Waals surface area contributed by atoms with Crippen molar-refractivity contribution in [2.75, 3.05) is 4.90 Å². The van der Waals surface area contributed by atoms with Crippen LogP contribution in [0.2, 0.25) is 0 Å². The molecule has 0 amide bonds. The van der Waals surface area contributed by atoms with E-state index < -0.39 is 0 Å². The first-order valence-electron chi connectivity index (χ1n) is 6.65. The Hall–Kier alpha value is -2.04. The normalized spacial score (nSPS) is 14.5. The minimum Gasteiger partial charge on any atom is -0.359 e. The van der Waals surface area contributed by atoms with Gasteiger partial charge in [0, 0.05) is 29.9 Å². The molecule has 3 rings (SSSR count). The second kappa shape index (κ2) is 4.51. The average Bonchev–Trinajstić information content (AvgIpc) is 2.80. The fraction of sp³-hybridized carbons (Fsp3) is 0.400. The van der Waals surface area contributed by atoms with E-state index in [1.807, 2.05) is 11.1 Å². The van der Waals surface area contributed by atoms with Crippen molar-refractivity contribution in [1.29, 1.82) is 0 Å². The van der Waals surface area contributed by atoms with Crippen molar-refractivity contribution in [1.82, 2.24) is 15.0 Å². The summed E-state index contributed by atoms with van der Waals surface area (Å²) in [6.07, 6.45) is 4.71. The SMILES string of the molecule is CC(C)(C)c1ncc2c(n1)CN(c1ccncc1F)C2. The summed E-state index contributed by atoms with van der Waals surface area (Å²) in [5.41, 5.74) is 2.54. The van der Waals surface area contributed by atoms with Crippen LogP contribution in [0.4, 0.5) is 10.1 Å². The van der Waals surface area contributed by atoms with E-state index in [1.54, 1.807) is 12.3 Å². The molecule has 0 aliphatic carbocycles. The monoisotopic (exact) mass is 272 g/mol. The van der Waals surface area contributed by atoms with Crippen LogP contribution in [0.15, 0.2) is 24.7 Å². The predicted molar refractivity (Wildman–Crippen MR) is 74.8 cm³/mol. The molecule has 0 unspecified atom stereocenters. The summed E-state index contributed by atoms with van der Waals surface area (Å²) < 4.78 is 13.8. The Balaban J connectivity index is 1.91. The molecule has 1 aliphatic rings. The quantitative estimate of drug-likeness (QED) is 0.800. The van der Waals surface area contributed by atoms with Gasteiger partial charge in [0.1, 0.15) is 5.82 Å². The minimum absolute atomic E-state index is 0.0790. The number of hydrogen-bond acceptors (Lipinski definition) is 4. The molecule has 0 aromatic carbocycles. The van der Waals surface area contributed by atoms with Crippen molar-refractivity contribution in [3.63, 3.8) is 0 Å². The van der Waals surface area contributed by atoms with Crippen LogP contribution >= 0.6 is 0 Å². The first-order valence-corrected chi connectivity index (χ1v) is 6.65. The van der Waals surface area contributed by atoms with E-state index in [2.05, 4.69) is 35.7 Å². The topological polar surface area (TPSA) is 41.9 Å². The maximum absolute atomic E-state index is 13.8. The van der Waals surface area contributed by atoms with Gasteiger partial charge in [-0.1, -0.05) is 20.8 Å². The van der Waals surface area contributed by atoms with Crippen LogP contribution in [0.1, 0.15) is 37.9 Å². The van der Waals surface area contributed by atoms with E-state index in [4.69, 9.17) is 0 Å². The van der Waals surface area contributed by atoms with Crippen LogP contribution in [0, 0.1) is 5.82 Å². The van der Waals surface area contributed by atoms with E-state index in [0.717, 1.165) is 17.1 Å². The van der Waals surface area contributed by atoms with Crippen molar-refractivity contribution in [3.05, 3.63) is 47.6 Å². The lowest BCUT2D eigenvalue weighted by Crippen LogP contribution is -2.17. The zero-order valence-electron chi connectivity index (χ0n) is 11.9. The first kappa shape index (κ1) is 13.0. The van der Waals surface area contributed by atoms with Gasteiger partial charge in [-0.05, 0) is 6.07 Å². The van der Waals surface area contributed by atoms with Crippen LogP contribution in [0.5, 0.6) is 0 Å². The summed E-state index contributed by atoms with van der Waals surface area (Å²) in [5.74, 6) is 0.526. The number of rotatable bonds is 1. The zero-order chi connectivity index (χ0) is 14.3. The lowest BCUT2D eigenvalue weighted by atomic mass is 9.95. The molecule has 20 heavy (non-hydrogen) atoms. The summed E-state index contributed by atoms with van der Waals surface area (Å²) >= 11 is 0. The summed E-state index contributed by atoms with van der Waals surface area (Å²) in [5, 5.41) is 0. The highest BCUT2D eigenvalue weighted by Gasteiger charge is 2.26. The van der Waals surface area contributed by atoms with E-state index >= 15 is 0 Å². The van der Waals surface area contributed by atoms with E-state index in [1.165, 1.54) is 6.20 Å². The molecule has 4 nitrogen and oxygen atoms in total. The second-order valence-electron chi connectivity index (χ2n) is 6.10. The average molecular weight is 272 g/mol. The Morgan fingerprint density at radius 3 is 2.70 bits per heavy atom. The van der Waals surface area contributed by atoms with Crippen molar-refractivity contribution in [2.45, 2.75) is 39.3 Å². The van der Waals surface area contributed by atoms with Crippen molar-refractivity contribution < 1.29 is 4.39 Å². The van der Waals surface area contributed by atoms with Gasteiger partial charge >= 0.3 is 0 Å². The fourth-order valence-corrected chi connectivity index (χ4v) is 2.31. The summed E-state index contributed by atoms with van der Waals surface area (Å²) in [6, 6.07) is 1.69. The highest BCUT2D eigenvalue weighted by Crippen LogP contribution is 2.29. The summed E-state index contributed by atoms with van der Waals surface area (Å²) in [4.78, 5) is 14.8. The molecule has 0 saturated heterocycles. The number of fused-ring (bicyclic) bond motifs is 1. The maximum Gasteiger partial charge on any atom is 0.164 e. The lowest BCUT2D eigenvalue weighted by Gasteiger charge is -2.17. The second-order valence-corrected chi connectivity index (χ2v) is 6.10. The maximum atomic E-state index is 13.8. The van der Waals surface area contributed by atoms with Crippen LogP contribution in [0.3, 0.4) is 0 Å². The minimum atomic E-state index is -0.302. The molecule has 0 N–H and O–H groups in total. The first-order chi connectivity index (χ1) is 9.45. The predicted octanol–water partition coefficient (Wildman–Crippen LogP) is 2.83. The van der Waals surface area contributed by atoms with Gasteiger partial charge < -0.3 is 4.90 Å². The van der Waals surface area contributed by atoms with Gasteiger partial charge in [0.2, 0.25) is 0 Å². The molecule has 0 saturated carbocycles. The lowest BCUT2D eigenvalue weighted by molar-refractivity contribution is 0.541. The van der Waals surface area contributed by atoms with Crippen molar-refractivity contribution in [2.24, 2.45) is 0 Å². The molecule has 104 valence electrons. The Labute approximate surface area is 117 Å². The molecule has 0 spiro atoms. The van der Waals surface area contributed by atoms with Crippen LogP contribution in [-0.4, -0.2) is 15.0 Å². The highest BCUT2D eigenvalue weighted by atomic mass is 19.1. The number of halogens is 1. The van der Waals surface area contributed by atoms with Gasteiger partial charge in [0.15, 0.2) is 5.82 Å². The van der Waals surface area contributed by atoms with Gasteiger partial charge in [-0.2, -0.15) is 0 Å². The molecule has 0 radical (unpaired) electrons. The zero-order valence-corrected chi connectivity index (χ0v) is 11.9. The third kappa shape index (κ3) is 2.24. The number of pyridine rings is 1. The van der Waals surface area contributed by atoms with E-state index in [9.17, 15) is 4.39 Å². The number of anilines is 1. The van der Waals surface area contributed by atoms with E-state index in [0.29, 0.717) is 18.8 Å². The molecule has 0 atom stereocenters. The Bertz CT molecular complexity index is 649. The Kier molecular flexibility index (Phi) is 2.92. The summed E-state index contributed by atoms with van der Waals surface area (Å²) in [7, 11) is 0. The molecule has 1 aliphatic heterocycles. The largest absolute Gasteiger partial charge is 0.359 e. The van der Waals surface area contributed by atoms with Gasteiger partial charge in [0.25, 0.3) is 0 Å². The Morgan fingerprint density at radius 2 is 2.00 bits per heavy atom. The molecule has 5 heteroatoms.